The van der Waals surface area contributed by atoms with Crippen molar-refractivity contribution in [2.45, 2.75) is 90.4 Å². The van der Waals surface area contributed by atoms with Gasteiger partial charge in [0.15, 0.2) is 5.79 Å². The quantitative estimate of drug-likeness (QED) is 0.702. The Hall–Kier alpha value is -0.120. The summed E-state index contributed by atoms with van der Waals surface area (Å²) >= 11 is 0. The highest BCUT2D eigenvalue weighted by molar-refractivity contribution is 5.17. The fourth-order valence-electron chi connectivity index (χ4n) is 8.57. The van der Waals surface area contributed by atoms with Gasteiger partial charge in [0.25, 0.3) is 0 Å². The predicted octanol–water partition coefficient (Wildman–Crippen LogP) is 4.49. The Kier molecular flexibility index (Phi) is 3.56. The van der Waals surface area contributed by atoms with Crippen LogP contribution in [0.4, 0.5) is 0 Å². The first-order valence-electron chi connectivity index (χ1n) is 10.9. The molecule has 1 saturated heterocycles. The Morgan fingerprint density at radius 1 is 0.800 bits per heavy atom. The summed E-state index contributed by atoms with van der Waals surface area (Å²) in [5, 5.41) is 0. The molecule has 0 amide bonds. The van der Waals surface area contributed by atoms with E-state index in [1.165, 1.54) is 51.4 Å². The first-order chi connectivity index (χ1) is 11.8. The van der Waals surface area contributed by atoms with Crippen LogP contribution >= 0.6 is 0 Å². The van der Waals surface area contributed by atoms with Gasteiger partial charge < -0.3 is 15.2 Å². The lowest BCUT2D eigenvalue weighted by Gasteiger charge is -2.65. The molecule has 2 unspecified atom stereocenters. The average Bonchev–Trinajstić information content (AvgIpc) is 3.15. The number of hydrogen-bond acceptors (Lipinski definition) is 3. The Bertz CT molecular complexity index is 558. The molecule has 7 atom stereocenters. The number of rotatable bonds is 0. The summed E-state index contributed by atoms with van der Waals surface area (Å²) < 4.78 is 12.7. The lowest BCUT2D eigenvalue weighted by atomic mass is 9.41. The van der Waals surface area contributed by atoms with Crippen LogP contribution in [0.3, 0.4) is 0 Å². The molecule has 1 heterocycles. The largest absolute Gasteiger partial charge is 0.347 e. The number of hydrogen-bond donors (Lipinski definition) is 1. The molecule has 3 nitrogen and oxygen atoms in total. The van der Waals surface area contributed by atoms with Crippen molar-refractivity contribution in [3.8, 4) is 0 Å². The number of fused-ring (bicyclic) bond motifs is 6. The van der Waals surface area contributed by atoms with Crippen LogP contribution in [0.5, 0.6) is 0 Å². The van der Waals surface area contributed by atoms with Gasteiger partial charge in [0.2, 0.25) is 0 Å². The molecule has 0 aromatic rings. The molecule has 0 radical (unpaired) electrons. The van der Waals surface area contributed by atoms with Crippen molar-refractivity contribution in [1.82, 2.24) is 0 Å². The highest BCUT2D eigenvalue weighted by atomic mass is 16.7. The van der Waals surface area contributed by atoms with E-state index in [0.717, 1.165) is 37.4 Å². The van der Waals surface area contributed by atoms with Crippen LogP contribution in [0.1, 0.15) is 78.6 Å². The van der Waals surface area contributed by atoms with Gasteiger partial charge in [-0.05, 0) is 80.0 Å². The molecule has 5 aliphatic rings. The fourth-order valence-corrected chi connectivity index (χ4v) is 8.57. The van der Waals surface area contributed by atoms with Crippen LogP contribution in [0.2, 0.25) is 0 Å². The van der Waals surface area contributed by atoms with E-state index in [0.29, 0.717) is 16.9 Å². The first-order valence-corrected chi connectivity index (χ1v) is 10.9. The SMILES string of the molecule is C[C@]12CC[C@H](N)CC1CC[C@@H]1C2CC[C@]2(C)C3(CC[C@@]12C)OCCO3. The Morgan fingerprint density at radius 3 is 2.32 bits per heavy atom. The Balaban J connectivity index is 1.50. The van der Waals surface area contributed by atoms with Crippen LogP contribution < -0.4 is 5.73 Å². The molecule has 0 aromatic heterocycles. The Morgan fingerprint density at radius 2 is 1.56 bits per heavy atom. The summed E-state index contributed by atoms with van der Waals surface area (Å²) in [5.41, 5.74) is 7.43. The summed E-state index contributed by atoms with van der Waals surface area (Å²) in [6, 6.07) is 0.453. The topological polar surface area (TPSA) is 44.5 Å². The van der Waals surface area contributed by atoms with Gasteiger partial charge in [0, 0.05) is 17.9 Å². The van der Waals surface area contributed by atoms with Crippen molar-refractivity contribution in [2.75, 3.05) is 13.2 Å². The van der Waals surface area contributed by atoms with E-state index in [1.54, 1.807) is 0 Å². The highest BCUT2D eigenvalue weighted by Gasteiger charge is 2.72. The summed E-state index contributed by atoms with van der Waals surface area (Å²) in [7, 11) is 0. The highest BCUT2D eigenvalue weighted by Crippen LogP contribution is 2.74. The standard InChI is InChI=1S/C22H37NO2/c1-19-8-6-16(23)14-15(19)4-5-18-17(19)7-9-21(3)20(18,2)10-11-22(21)24-12-13-25-22/h15-18H,4-14,23H2,1-3H3/t15?,16-,17?,18+,19-,20-,21-/m0/s1. The zero-order chi connectivity index (χ0) is 17.5. The number of ether oxygens (including phenoxy) is 2. The van der Waals surface area contributed by atoms with Gasteiger partial charge >= 0.3 is 0 Å². The van der Waals surface area contributed by atoms with E-state index in [4.69, 9.17) is 15.2 Å². The molecule has 1 aliphatic heterocycles. The van der Waals surface area contributed by atoms with Crippen LogP contribution in [0, 0.1) is 34.0 Å². The molecule has 0 aromatic carbocycles. The molecule has 4 aliphatic carbocycles. The molecule has 2 N–H and O–H groups in total. The van der Waals surface area contributed by atoms with Gasteiger partial charge in [-0.3, -0.25) is 0 Å². The smallest absolute Gasteiger partial charge is 0.174 e. The van der Waals surface area contributed by atoms with Crippen molar-refractivity contribution in [3.05, 3.63) is 0 Å². The summed E-state index contributed by atoms with van der Waals surface area (Å²) in [5.74, 6) is 2.31. The maximum atomic E-state index is 6.35. The minimum absolute atomic E-state index is 0.186. The van der Waals surface area contributed by atoms with E-state index in [2.05, 4.69) is 20.8 Å². The second-order valence-electron chi connectivity index (χ2n) is 10.8. The average molecular weight is 348 g/mol. The minimum Gasteiger partial charge on any atom is -0.347 e. The van der Waals surface area contributed by atoms with Gasteiger partial charge in [-0.25, -0.2) is 0 Å². The van der Waals surface area contributed by atoms with Gasteiger partial charge in [-0.1, -0.05) is 20.8 Å². The lowest BCUT2D eigenvalue weighted by Crippen LogP contribution is -2.61. The molecule has 142 valence electrons. The second-order valence-corrected chi connectivity index (χ2v) is 10.8. The van der Waals surface area contributed by atoms with Crippen molar-refractivity contribution >= 4 is 0 Å². The minimum atomic E-state index is -0.278. The van der Waals surface area contributed by atoms with E-state index in [9.17, 15) is 0 Å². The van der Waals surface area contributed by atoms with Crippen LogP contribution in [0.25, 0.3) is 0 Å². The first kappa shape index (κ1) is 17.0. The third-order valence-corrected chi connectivity index (χ3v) is 10.3. The van der Waals surface area contributed by atoms with Crippen LogP contribution in [-0.4, -0.2) is 25.0 Å². The molecule has 4 saturated carbocycles. The second kappa shape index (κ2) is 5.23. The van der Waals surface area contributed by atoms with E-state index in [1.807, 2.05) is 0 Å². The predicted molar refractivity (Wildman–Crippen MR) is 99.0 cm³/mol. The van der Waals surface area contributed by atoms with Crippen molar-refractivity contribution < 1.29 is 9.47 Å². The van der Waals surface area contributed by atoms with E-state index in [-0.39, 0.29) is 11.2 Å². The molecule has 1 spiro atoms. The van der Waals surface area contributed by atoms with Crippen molar-refractivity contribution in [1.29, 1.82) is 0 Å². The summed E-state index contributed by atoms with van der Waals surface area (Å²) in [6.07, 6.45) is 11.7. The third kappa shape index (κ3) is 1.93. The zero-order valence-corrected chi connectivity index (χ0v) is 16.5. The molecule has 0 bridgehead atoms. The van der Waals surface area contributed by atoms with Gasteiger partial charge in [0.1, 0.15) is 0 Å². The summed E-state index contributed by atoms with van der Waals surface area (Å²) in [4.78, 5) is 0. The van der Waals surface area contributed by atoms with Crippen molar-refractivity contribution in [3.63, 3.8) is 0 Å². The van der Waals surface area contributed by atoms with Gasteiger partial charge in [0.05, 0.1) is 13.2 Å². The maximum absolute atomic E-state index is 6.35. The molecule has 5 fully saturated rings. The third-order valence-electron chi connectivity index (χ3n) is 10.3. The molecule has 5 rings (SSSR count). The molecule has 25 heavy (non-hydrogen) atoms. The fraction of sp³-hybridized carbons (Fsp3) is 1.00. The Labute approximate surface area is 153 Å². The monoisotopic (exact) mass is 347 g/mol. The van der Waals surface area contributed by atoms with E-state index >= 15 is 0 Å². The van der Waals surface area contributed by atoms with Gasteiger partial charge in [-0.2, -0.15) is 0 Å². The summed E-state index contributed by atoms with van der Waals surface area (Å²) in [6.45, 7) is 9.31. The van der Waals surface area contributed by atoms with E-state index < -0.39 is 0 Å². The zero-order valence-electron chi connectivity index (χ0n) is 16.5. The lowest BCUT2D eigenvalue weighted by molar-refractivity contribution is -0.267. The normalized spacial score (nSPS) is 57.1. The van der Waals surface area contributed by atoms with Crippen LogP contribution in [-0.2, 0) is 9.47 Å². The van der Waals surface area contributed by atoms with Gasteiger partial charge in [-0.15, -0.1) is 0 Å². The molecular formula is C22H37NO2. The number of nitrogens with two attached hydrogens (primary N) is 1. The molecular weight excluding hydrogens is 310 g/mol. The van der Waals surface area contributed by atoms with Crippen LogP contribution in [0.15, 0.2) is 0 Å². The van der Waals surface area contributed by atoms with Crippen molar-refractivity contribution in [2.24, 2.45) is 39.7 Å². The molecule has 3 heteroatoms. The maximum Gasteiger partial charge on any atom is 0.174 e.